The lowest BCUT2D eigenvalue weighted by Gasteiger charge is -2.11. The van der Waals surface area contributed by atoms with Crippen molar-refractivity contribution < 1.29 is 0 Å². The summed E-state index contributed by atoms with van der Waals surface area (Å²) in [6.07, 6.45) is 5.56. The molecule has 9 aromatic rings. The molecule has 9 rings (SSSR count). The van der Waals surface area contributed by atoms with Gasteiger partial charge in [0.05, 0.1) is 16.9 Å². The van der Waals surface area contributed by atoms with Gasteiger partial charge in [0.25, 0.3) is 0 Å². The number of pyridine rings is 3. The van der Waals surface area contributed by atoms with E-state index in [2.05, 4.69) is 102 Å². The Bertz CT molecular complexity index is 2600. The topological polar surface area (TPSA) is 77.3 Å². The minimum Gasteiger partial charge on any atom is -0.264 e. The van der Waals surface area contributed by atoms with Crippen LogP contribution in [0.1, 0.15) is 0 Å². The summed E-state index contributed by atoms with van der Waals surface area (Å²) < 4.78 is 0. The third-order valence-corrected chi connectivity index (χ3v) is 8.90. The van der Waals surface area contributed by atoms with E-state index in [1.165, 1.54) is 5.39 Å². The van der Waals surface area contributed by atoms with E-state index in [4.69, 9.17) is 24.9 Å². The lowest BCUT2D eigenvalue weighted by molar-refractivity contribution is 1.07. The van der Waals surface area contributed by atoms with Crippen molar-refractivity contribution in [2.24, 2.45) is 0 Å². The summed E-state index contributed by atoms with van der Waals surface area (Å²) in [6.45, 7) is 0. The molecule has 0 aliphatic rings. The van der Waals surface area contributed by atoms with Gasteiger partial charge in [0.15, 0.2) is 17.5 Å². The second-order valence-corrected chi connectivity index (χ2v) is 12.0. The molecule has 4 aromatic heterocycles. The average molecular weight is 641 g/mol. The van der Waals surface area contributed by atoms with Gasteiger partial charge in [0.2, 0.25) is 0 Å². The standard InChI is InChI=1S/C44H28N6/c1-2-9-31(10-3-1)42-48-43(32-20-16-29(17-21-32)34-11-8-26-45-27-34)50-44(49-42)33-22-18-30(19-23-33)35-24-25-40(46-28-35)41-38-14-5-4-12-36(38)37-13-6-7-15-39(37)47-41/h1-28H. The molecule has 0 aliphatic carbocycles. The molecule has 4 heterocycles. The molecule has 0 atom stereocenters. The van der Waals surface area contributed by atoms with Crippen LogP contribution >= 0.6 is 0 Å². The molecule has 0 bridgehead atoms. The first-order valence-electron chi connectivity index (χ1n) is 16.4. The fraction of sp³-hybridized carbons (Fsp3) is 0. The molecule has 5 aromatic carbocycles. The molecule has 0 radical (unpaired) electrons. The number of benzene rings is 5. The fourth-order valence-electron chi connectivity index (χ4n) is 6.31. The second-order valence-electron chi connectivity index (χ2n) is 12.0. The minimum absolute atomic E-state index is 0.611. The Labute approximate surface area is 288 Å². The van der Waals surface area contributed by atoms with Gasteiger partial charge in [0.1, 0.15) is 0 Å². The van der Waals surface area contributed by atoms with Gasteiger partial charge in [-0.3, -0.25) is 9.97 Å². The maximum absolute atomic E-state index is 5.01. The maximum atomic E-state index is 5.01. The van der Waals surface area contributed by atoms with Crippen LogP contribution in [0.15, 0.2) is 170 Å². The second kappa shape index (κ2) is 12.6. The van der Waals surface area contributed by atoms with Crippen LogP contribution in [0.3, 0.4) is 0 Å². The molecule has 6 nitrogen and oxygen atoms in total. The van der Waals surface area contributed by atoms with E-state index in [1.54, 1.807) is 6.20 Å². The van der Waals surface area contributed by atoms with E-state index in [0.29, 0.717) is 17.5 Å². The van der Waals surface area contributed by atoms with E-state index in [1.807, 2.05) is 67.0 Å². The molecule has 0 aliphatic heterocycles. The first-order valence-corrected chi connectivity index (χ1v) is 16.4. The third-order valence-electron chi connectivity index (χ3n) is 8.90. The van der Waals surface area contributed by atoms with E-state index in [9.17, 15) is 0 Å². The quantitative estimate of drug-likeness (QED) is 0.168. The van der Waals surface area contributed by atoms with Gasteiger partial charge in [-0.05, 0) is 40.3 Å². The van der Waals surface area contributed by atoms with Crippen LogP contribution in [0.5, 0.6) is 0 Å². The number of para-hydroxylation sites is 1. The molecule has 50 heavy (non-hydrogen) atoms. The summed E-state index contributed by atoms with van der Waals surface area (Å²) in [5, 5.41) is 3.41. The third kappa shape index (κ3) is 5.55. The first kappa shape index (κ1) is 29.2. The largest absolute Gasteiger partial charge is 0.264 e. The maximum Gasteiger partial charge on any atom is 0.164 e. The highest BCUT2D eigenvalue weighted by Gasteiger charge is 2.14. The van der Waals surface area contributed by atoms with E-state index >= 15 is 0 Å². The fourth-order valence-corrected chi connectivity index (χ4v) is 6.31. The van der Waals surface area contributed by atoms with Gasteiger partial charge in [-0.1, -0.05) is 133 Å². The highest BCUT2D eigenvalue weighted by molar-refractivity contribution is 6.10. The molecular formula is C44H28N6. The minimum atomic E-state index is 0.611. The predicted octanol–water partition coefficient (Wildman–Crippen LogP) is 10.4. The number of rotatable bonds is 6. The lowest BCUT2D eigenvalue weighted by Crippen LogP contribution is -2.00. The van der Waals surface area contributed by atoms with Gasteiger partial charge in [-0.2, -0.15) is 0 Å². The van der Waals surface area contributed by atoms with E-state index in [0.717, 1.165) is 66.6 Å². The zero-order valence-electron chi connectivity index (χ0n) is 26.8. The summed E-state index contributed by atoms with van der Waals surface area (Å²) in [7, 11) is 0. The highest BCUT2D eigenvalue weighted by Crippen LogP contribution is 2.33. The van der Waals surface area contributed by atoms with Crippen molar-refractivity contribution in [3.8, 4) is 67.8 Å². The predicted molar refractivity (Wildman–Crippen MR) is 201 cm³/mol. The Morgan fingerprint density at radius 1 is 0.320 bits per heavy atom. The van der Waals surface area contributed by atoms with Crippen molar-refractivity contribution in [2.75, 3.05) is 0 Å². The van der Waals surface area contributed by atoms with Gasteiger partial charge in [-0.25, -0.2) is 19.9 Å². The first-order chi connectivity index (χ1) is 24.8. The molecule has 0 fully saturated rings. The molecule has 0 unspecified atom stereocenters. The van der Waals surface area contributed by atoms with Crippen LogP contribution in [-0.4, -0.2) is 29.9 Å². The average Bonchev–Trinajstić information content (AvgIpc) is 3.21. The zero-order valence-corrected chi connectivity index (χ0v) is 26.8. The van der Waals surface area contributed by atoms with Gasteiger partial charge in [-0.15, -0.1) is 0 Å². The monoisotopic (exact) mass is 640 g/mol. The van der Waals surface area contributed by atoms with Crippen LogP contribution in [0.2, 0.25) is 0 Å². The summed E-state index contributed by atoms with van der Waals surface area (Å²) in [5.41, 5.74) is 9.63. The summed E-state index contributed by atoms with van der Waals surface area (Å²) in [4.78, 5) is 28.9. The van der Waals surface area contributed by atoms with Crippen molar-refractivity contribution in [2.45, 2.75) is 0 Å². The van der Waals surface area contributed by atoms with Crippen LogP contribution in [-0.2, 0) is 0 Å². The Morgan fingerprint density at radius 2 is 0.820 bits per heavy atom. The molecule has 0 saturated carbocycles. The number of fused-ring (bicyclic) bond motifs is 3. The molecular weight excluding hydrogens is 613 g/mol. The number of aromatic nitrogens is 6. The molecule has 0 amide bonds. The molecule has 234 valence electrons. The summed E-state index contributed by atoms with van der Waals surface area (Å²) in [5.74, 6) is 1.85. The van der Waals surface area contributed by atoms with E-state index < -0.39 is 0 Å². The summed E-state index contributed by atoms with van der Waals surface area (Å²) in [6, 6.07) is 51.3. The molecule has 0 spiro atoms. The van der Waals surface area contributed by atoms with Crippen LogP contribution in [0.4, 0.5) is 0 Å². The van der Waals surface area contributed by atoms with Crippen LogP contribution in [0.25, 0.3) is 89.5 Å². The number of hydrogen-bond acceptors (Lipinski definition) is 6. The van der Waals surface area contributed by atoms with Crippen molar-refractivity contribution in [3.63, 3.8) is 0 Å². The zero-order chi connectivity index (χ0) is 33.3. The van der Waals surface area contributed by atoms with Crippen molar-refractivity contribution in [1.82, 2.24) is 29.9 Å². The lowest BCUT2D eigenvalue weighted by atomic mass is 10.0. The van der Waals surface area contributed by atoms with Crippen molar-refractivity contribution in [1.29, 1.82) is 0 Å². The van der Waals surface area contributed by atoms with Crippen molar-refractivity contribution >= 4 is 21.7 Å². The van der Waals surface area contributed by atoms with E-state index in [-0.39, 0.29) is 0 Å². The van der Waals surface area contributed by atoms with Gasteiger partial charge < -0.3 is 0 Å². The molecule has 0 saturated heterocycles. The Balaban J connectivity index is 1.04. The number of hydrogen-bond donors (Lipinski definition) is 0. The Hall–Kier alpha value is -6.92. The Morgan fingerprint density at radius 3 is 1.42 bits per heavy atom. The smallest absolute Gasteiger partial charge is 0.164 e. The normalized spacial score (nSPS) is 11.2. The van der Waals surface area contributed by atoms with Crippen LogP contribution < -0.4 is 0 Å². The van der Waals surface area contributed by atoms with Gasteiger partial charge >= 0.3 is 0 Å². The van der Waals surface area contributed by atoms with Gasteiger partial charge in [0, 0.05) is 51.6 Å². The Kier molecular flexibility index (Phi) is 7.37. The molecule has 0 N–H and O–H groups in total. The van der Waals surface area contributed by atoms with Crippen molar-refractivity contribution in [3.05, 3.63) is 170 Å². The molecule has 6 heteroatoms. The number of nitrogens with zero attached hydrogens (tertiary/aromatic N) is 6. The SMILES string of the molecule is c1ccc(-c2nc(-c3ccc(-c4cccnc4)cc3)nc(-c3ccc(-c4ccc(-c5nc6ccccc6c6ccccc56)nc4)cc3)n2)cc1. The summed E-state index contributed by atoms with van der Waals surface area (Å²) >= 11 is 0. The van der Waals surface area contributed by atoms with Crippen LogP contribution in [0, 0.1) is 0 Å². The highest BCUT2D eigenvalue weighted by atomic mass is 15.0.